The molecule has 0 saturated heterocycles. The van der Waals surface area contributed by atoms with Crippen molar-refractivity contribution in [3.05, 3.63) is 121 Å². The van der Waals surface area contributed by atoms with Crippen LogP contribution in [0.25, 0.3) is 65.3 Å². The van der Waals surface area contributed by atoms with Crippen molar-refractivity contribution in [2.75, 3.05) is 0 Å². The standard InChI is InChI=1S/C32H20/c1-3-10-21(11-4-1)28-20-24-16-9-18-26-25-17-7-14-22-15-8-19-27(29(22)25)32(31(24)26)30(28)23-12-5-2-6-13-23/h1-20H. The minimum atomic E-state index is 1.25. The molecule has 0 amide bonds. The van der Waals surface area contributed by atoms with Crippen molar-refractivity contribution in [1.29, 1.82) is 0 Å². The zero-order valence-electron chi connectivity index (χ0n) is 17.5. The van der Waals surface area contributed by atoms with Gasteiger partial charge in [-0.3, -0.25) is 0 Å². The molecule has 0 aliphatic carbocycles. The highest BCUT2D eigenvalue weighted by Gasteiger charge is 2.19. The Morgan fingerprint density at radius 1 is 0.344 bits per heavy atom. The third kappa shape index (κ3) is 2.38. The van der Waals surface area contributed by atoms with Crippen LogP contribution in [0, 0.1) is 0 Å². The molecule has 0 radical (unpaired) electrons. The van der Waals surface area contributed by atoms with Crippen LogP contribution < -0.4 is 0 Å². The first-order chi connectivity index (χ1) is 15.9. The lowest BCUT2D eigenvalue weighted by molar-refractivity contribution is 1.62. The van der Waals surface area contributed by atoms with Gasteiger partial charge < -0.3 is 0 Å². The van der Waals surface area contributed by atoms with Crippen LogP contribution >= 0.6 is 0 Å². The van der Waals surface area contributed by atoms with E-state index in [1.165, 1.54) is 65.3 Å². The fourth-order valence-electron chi connectivity index (χ4n) is 5.47. The first-order valence-electron chi connectivity index (χ1n) is 11.1. The lowest BCUT2D eigenvalue weighted by Crippen LogP contribution is -1.93. The number of hydrogen-bond donors (Lipinski definition) is 0. The second kappa shape index (κ2) is 6.67. The Hall–Kier alpha value is -4.16. The molecule has 0 N–H and O–H groups in total. The largest absolute Gasteiger partial charge is 0.0622 e. The molecule has 7 aromatic rings. The van der Waals surface area contributed by atoms with Gasteiger partial charge in [0.25, 0.3) is 0 Å². The third-order valence-electron chi connectivity index (χ3n) is 6.78. The number of fused-ring (bicyclic) bond motifs is 2. The van der Waals surface area contributed by atoms with Gasteiger partial charge in [0, 0.05) is 0 Å². The molecule has 0 aromatic heterocycles. The molecule has 0 heterocycles. The van der Waals surface area contributed by atoms with E-state index in [2.05, 4.69) is 121 Å². The van der Waals surface area contributed by atoms with Gasteiger partial charge in [-0.2, -0.15) is 0 Å². The highest BCUT2D eigenvalue weighted by molar-refractivity contribution is 6.36. The molecule has 7 rings (SSSR count). The van der Waals surface area contributed by atoms with Crippen molar-refractivity contribution in [2.24, 2.45) is 0 Å². The first-order valence-corrected chi connectivity index (χ1v) is 11.1. The second-order valence-corrected chi connectivity index (χ2v) is 8.52. The van der Waals surface area contributed by atoms with Crippen LogP contribution in [-0.2, 0) is 0 Å². The van der Waals surface area contributed by atoms with Crippen molar-refractivity contribution in [1.82, 2.24) is 0 Å². The van der Waals surface area contributed by atoms with Gasteiger partial charge in [0.05, 0.1) is 0 Å². The Balaban J connectivity index is 1.83. The second-order valence-electron chi connectivity index (χ2n) is 8.52. The summed E-state index contributed by atoms with van der Waals surface area (Å²) in [4.78, 5) is 0. The third-order valence-corrected chi connectivity index (χ3v) is 6.78. The van der Waals surface area contributed by atoms with Gasteiger partial charge in [-0.1, -0.05) is 115 Å². The predicted octanol–water partition coefficient (Wildman–Crippen LogP) is 9.07. The summed E-state index contributed by atoms with van der Waals surface area (Å²) in [7, 11) is 0. The Bertz CT molecular complexity index is 1740. The van der Waals surface area contributed by atoms with Gasteiger partial charge in [0.1, 0.15) is 0 Å². The topological polar surface area (TPSA) is 0 Å². The fraction of sp³-hybridized carbons (Fsp3) is 0. The lowest BCUT2D eigenvalue weighted by Gasteiger charge is -2.20. The quantitative estimate of drug-likeness (QED) is 0.199. The maximum Gasteiger partial charge on any atom is -0.000786 e. The lowest BCUT2D eigenvalue weighted by atomic mass is 9.82. The molecule has 0 nitrogen and oxygen atoms in total. The van der Waals surface area contributed by atoms with E-state index in [1.807, 2.05) is 0 Å². The first kappa shape index (κ1) is 17.5. The van der Waals surface area contributed by atoms with Crippen molar-refractivity contribution in [3.63, 3.8) is 0 Å². The van der Waals surface area contributed by atoms with Crippen LogP contribution in [0.15, 0.2) is 121 Å². The molecule has 0 aliphatic heterocycles. The number of benzene rings is 7. The normalized spacial score (nSPS) is 11.8. The molecule has 0 bridgehead atoms. The van der Waals surface area contributed by atoms with E-state index in [4.69, 9.17) is 0 Å². The Kier molecular flexibility index (Phi) is 3.65. The van der Waals surface area contributed by atoms with Crippen LogP contribution in [0.1, 0.15) is 0 Å². The van der Waals surface area contributed by atoms with Crippen molar-refractivity contribution in [3.8, 4) is 22.3 Å². The SMILES string of the molecule is c1ccc(-c2cc3cccc4c5cccc6cccc(c(c2-c2ccccc2)c34)c65)cc1. The van der Waals surface area contributed by atoms with E-state index in [0.29, 0.717) is 0 Å². The molecule has 0 atom stereocenters. The summed E-state index contributed by atoms with van der Waals surface area (Å²) in [6.45, 7) is 0. The van der Waals surface area contributed by atoms with Crippen LogP contribution in [0.5, 0.6) is 0 Å². The zero-order valence-corrected chi connectivity index (χ0v) is 17.5. The smallest absolute Gasteiger partial charge is 0.000786 e. The average molecular weight is 405 g/mol. The fourth-order valence-corrected chi connectivity index (χ4v) is 5.47. The highest BCUT2D eigenvalue weighted by atomic mass is 14.2. The minimum absolute atomic E-state index is 1.25. The van der Waals surface area contributed by atoms with Crippen LogP contribution in [0.3, 0.4) is 0 Å². The van der Waals surface area contributed by atoms with Gasteiger partial charge in [0.15, 0.2) is 0 Å². The molecule has 148 valence electrons. The van der Waals surface area contributed by atoms with Crippen molar-refractivity contribution in [2.45, 2.75) is 0 Å². The molecular formula is C32H20. The molecule has 0 heteroatoms. The van der Waals surface area contributed by atoms with E-state index in [-0.39, 0.29) is 0 Å². The summed E-state index contributed by atoms with van der Waals surface area (Å²) in [6.07, 6.45) is 0. The molecule has 0 unspecified atom stereocenters. The van der Waals surface area contributed by atoms with Gasteiger partial charge in [-0.15, -0.1) is 0 Å². The van der Waals surface area contributed by atoms with E-state index < -0.39 is 0 Å². The highest BCUT2D eigenvalue weighted by Crippen LogP contribution is 2.47. The van der Waals surface area contributed by atoms with Gasteiger partial charge in [0.2, 0.25) is 0 Å². The molecule has 7 aromatic carbocycles. The van der Waals surface area contributed by atoms with Gasteiger partial charge in [-0.05, 0) is 71.4 Å². The van der Waals surface area contributed by atoms with E-state index in [1.54, 1.807) is 0 Å². The zero-order chi connectivity index (χ0) is 21.1. The molecule has 0 fully saturated rings. The molecule has 32 heavy (non-hydrogen) atoms. The summed E-state index contributed by atoms with van der Waals surface area (Å²) in [5.41, 5.74) is 5.11. The van der Waals surface area contributed by atoms with Crippen LogP contribution in [0.4, 0.5) is 0 Å². The van der Waals surface area contributed by atoms with E-state index >= 15 is 0 Å². The minimum Gasteiger partial charge on any atom is -0.0622 e. The van der Waals surface area contributed by atoms with Gasteiger partial charge in [-0.25, -0.2) is 0 Å². The predicted molar refractivity (Wildman–Crippen MR) is 139 cm³/mol. The van der Waals surface area contributed by atoms with Crippen molar-refractivity contribution >= 4 is 43.1 Å². The average Bonchev–Trinajstić information content (AvgIpc) is 2.87. The molecular weight excluding hydrogens is 384 g/mol. The Morgan fingerprint density at radius 3 is 1.59 bits per heavy atom. The van der Waals surface area contributed by atoms with Crippen LogP contribution in [-0.4, -0.2) is 0 Å². The monoisotopic (exact) mass is 404 g/mol. The van der Waals surface area contributed by atoms with E-state index in [0.717, 1.165) is 0 Å². The summed E-state index contributed by atoms with van der Waals surface area (Å²) in [5.74, 6) is 0. The maximum atomic E-state index is 2.38. The maximum absolute atomic E-state index is 2.38. The number of hydrogen-bond acceptors (Lipinski definition) is 0. The Labute approximate surface area is 186 Å². The summed E-state index contributed by atoms with van der Waals surface area (Å²) < 4.78 is 0. The van der Waals surface area contributed by atoms with Gasteiger partial charge >= 0.3 is 0 Å². The summed E-state index contributed by atoms with van der Waals surface area (Å²) in [5, 5.41) is 10.7. The summed E-state index contributed by atoms with van der Waals surface area (Å²) in [6, 6.07) is 44.2. The molecule has 0 spiro atoms. The summed E-state index contributed by atoms with van der Waals surface area (Å²) >= 11 is 0. The van der Waals surface area contributed by atoms with Crippen molar-refractivity contribution < 1.29 is 0 Å². The Morgan fingerprint density at radius 2 is 0.906 bits per heavy atom. The number of rotatable bonds is 2. The molecule has 0 saturated carbocycles. The van der Waals surface area contributed by atoms with E-state index in [9.17, 15) is 0 Å². The molecule has 0 aliphatic rings. The van der Waals surface area contributed by atoms with Crippen LogP contribution in [0.2, 0.25) is 0 Å².